The van der Waals surface area contributed by atoms with Crippen LogP contribution in [0.4, 0.5) is 0 Å². The largest absolute Gasteiger partial charge is 0.307 e. The monoisotopic (exact) mass is 310 g/mol. The van der Waals surface area contributed by atoms with Crippen molar-refractivity contribution in [2.45, 2.75) is 6.42 Å². The lowest BCUT2D eigenvalue weighted by atomic mass is 10.1. The van der Waals surface area contributed by atoms with Crippen molar-refractivity contribution in [3.05, 3.63) is 68.7 Å². The van der Waals surface area contributed by atoms with E-state index in [1.165, 1.54) is 4.57 Å². The second-order valence-electron chi connectivity index (χ2n) is 4.88. The molecule has 0 amide bonds. The van der Waals surface area contributed by atoms with Gasteiger partial charge in [0.25, 0.3) is 5.56 Å². The molecule has 0 saturated carbocycles. The van der Waals surface area contributed by atoms with Crippen molar-refractivity contribution in [2.75, 3.05) is 0 Å². The van der Waals surface area contributed by atoms with E-state index in [1.54, 1.807) is 31.3 Å². The van der Waals surface area contributed by atoms with Crippen LogP contribution in [0, 0.1) is 11.3 Å². The van der Waals surface area contributed by atoms with Gasteiger partial charge in [-0.05, 0) is 29.8 Å². The number of nitriles is 1. The van der Waals surface area contributed by atoms with E-state index in [9.17, 15) is 4.79 Å². The standard InChI is InChI=1S/C16H11ClN4O/c1-21-13-6-7-14(17)20-15(13)19-12(16(21)22)8-10-2-4-11(9-18)5-3-10/h2-7H,8H2,1H3. The van der Waals surface area contributed by atoms with Crippen LogP contribution in [0.25, 0.3) is 11.2 Å². The van der Waals surface area contributed by atoms with E-state index in [1.807, 2.05) is 12.1 Å². The maximum absolute atomic E-state index is 12.4. The fourth-order valence-electron chi connectivity index (χ4n) is 2.25. The highest BCUT2D eigenvalue weighted by Crippen LogP contribution is 2.13. The zero-order chi connectivity index (χ0) is 15.7. The third-order valence-corrected chi connectivity index (χ3v) is 3.64. The normalized spacial score (nSPS) is 10.6. The number of halogens is 1. The van der Waals surface area contributed by atoms with Crippen molar-refractivity contribution in [3.63, 3.8) is 0 Å². The number of aryl methyl sites for hydroxylation is 1. The Bertz CT molecular complexity index is 955. The molecule has 3 aromatic rings. The van der Waals surface area contributed by atoms with Gasteiger partial charge in [0.2, 0.25) is 0 Å². The van der Waals surface area contributed by atoms with Crippen molar-refractivity contribution in [1.82, 2.24) is 14.5 Å². The van der Waals surface area contributed by atoms with E-state index in [-0.39, 0.29) is 5.56 Å². The molecule has 0 radical (unpaired) electrons. The zero-order valence-corrected chi connectivity index (χ0v) is 12.5. The van der Waals surface area contributed by atoms with Gasteiger partial charge in [0, 0.05) is 13.5 Å². The lowest BCUT2D eigenvalue weighted by Crippen LogP contribution is -2.24. The molecule has 1 aromatic carbocycles. The van der Waals surface area contributed by atoms with Gasteiger partial charge in [-0.2, -0.15) is 5.26 Å². The Hall–Kier alpha value is -2.71. The summed E-state index contributed by atoms with van der Waals surface area (Å²) in [5.41, 5.74) is 2.80. The van der Waals surface area contributed by atoms with Crippen molar-refractivity contribution in [1.29, 1.82) is 5.26 Å². The first kappa shape index (κ1) is 14.2. The highest BCUT2D eigenvalue weighted by molar-refractivity contribution is 6.29. The van der Waals surface area contributed by atoms with Gasteiger partial charge in [0.1, 0.15) is 10.8 Å². The summed E-state index contributed by atoms with van der Waals surface area (Å²) in [5, 5.41) is 9.14. The second kappa shape index (κ2) is 5.58. The average Bonchev–Trinajstić information content (AvgIpc) is 2.53. The van der Waals surface area contributed by atoms with Gasteiger partial charge in [-0.25, -0.2) is 9.97 Å². The summed E-state index contributed by atoms with van der Waals surface area (Å²) in [4.78, 5) is 20.9. The minimum Gasteiger partial charge on any atom is -0.307 e. The van der Waals surface area contributed by atoms with Crippen LogP contribution < -0.4 is 5.56 Å². The molecule has 0 unspecified atom stereocenters. The second-order valence-corrected chi connectivity index (χ2v) is 5.27. The van der Waals surface area contributed by atoms with E-state index in [0.29, 0.717) is 34.0 Å². The average molecular weight is 311 g/mol. The van der Waals surface area contributed by atoms with Crippen LogP contribution in [0.1, 0.15) is 16.8 Å². The topological polar surface area (TPSA) is 71.6 Å². The lowest BCUT2D eigenvalue weighted by Gasteiger charge is -2.07. The Labute approximate surface area is 131 Å². The fraction of sp³-hybridized carbons (Fsp3) is 0.125. The van der Waals surface area contributed by atoms with Crippen LogP contribution in [0.5, 0.6) is 0 Å². The summed E-state index contributed by atoms with van der Waals surface area (Å²) in [6.07, 6.45) is 0.377. The highest BCUT2D eigenvalue weighted by Gasteiger charge is 2.10. The maximum Gasteiger partial charge on any atom is 0.272 e. The number of fused-ring (bicyclic) bond motifs is 1. The van der Waals surface area contributed by atoms with E-state index < -0.39 is 0 Å². The molecular formula is C16H11ClN4O. The molecule has 0 bridgehead atoms. The summed E-state index contributed by atoms with van der Waals surface area (Å²) >= 11 is 5.89. The van der Waals surface area contributed by atoms with Crippen LogP contribution in [0.2, 0.25) is 5.15 Å². The number of hydrogen-bond acceptors (Lipinski definition) is 4. The number of benzene rings is 1. The Morgan fingerprint density at radius 2 is 1.91 bits per heavy atom. The van der Waals surface area contributed by atoms with Crippen molar-refractivity contribution in [2.24, 2.45) is 7.05 Å². The molecule has 6 heteroatoms. The molecule has 0 spiro atoms. The van der Waals surface area contributed by atoms with Crippen LogP contribution in [-0.4, -0.2) is 14.5 Å². The predicted octanol–water partition coefficient (Wildman–Crippen LogP) is 2.44. The fourth-order valence-corrected chi connectivity index (χ4v) is 2.39. The minimum absolute atomic E-state index is 0.166. The van der Waals surface area contributed by atoms with Gasteiger partial charge in [0.15, 0.2) is 5.65 Å². The molecule has 0 N–H and O–H groups in total. The Morgan fingerprint density at radius 3 is 2.59 bits per heavy atom. The van der Waals surface area contributed by atoms with Gasteiger partial charge in [-0.1, -0.05) is 23.7 Å². The smallest absolute Gasteiger partial charge is 0.272 e. The van der Waals surface area contributed by atoms with E-state index in [0.717, 1.165) is 5.56 Å². The molecule has 0 fully saturated rings. The van der Waals surface area contributed by atoms with Crippen LogP contribution >= 0.6 is 11.6 Å². The van der Waals surface area contributed by atoms with E-state index >= 15 is 0 Å². The third-order valence-electron chi connectivity index (χ3n) is 3.43. The molecule has 2 aromatic heterocycles. The van der Waals surface area contributed by atoms with Gasteiger partial charge >= 0.3 is 0 Å². The third kappa shape index (κ3) is 2.57. The van der Waals surface area contributed by atoms with Crippen molar-refractivity contribution >= 4 is 22.8 Å². The van der Waals surface area contributed by atoms with E-state index in [2.05, 4.69) is 16.0 Å². The molecule has 108 valence electrons. The van der Waals surface area contributed by atoms with Gasteiger partial charge in [-0.3, -0.25) is 4.79 Å². The predicted molar refractivity (Wildman–Crippen MR) is 83.8 cm³/mol. The summed E-state index contributed by atoms with van der Waals surface area (Å²) < 4.78 is 1.52. The maximum atomic E-state index is 12.4. The van der Waals surface area contributed by atoms with Crippen LogP contribution in [0.3, 0.4) is 0 Å². The first-order valence-corrected chi connectivity index (χ1v) is 6.97. The first-order chi connectivity index (χ1) is 10.6. The first-order valence-electron chi connectivity index (χ1n) is 6.59. The number of hydrogen-bond donors (Lipinski definition) is 0. The summed E-state index contributed by atoms with van der Waals surface area (Å²) in [6.45, 7) is 0. The van der Waals surface area contributed by atoms with Crippen molar-refractivity contribution < 1.29 is 0 Å². The van der Waals surface area contributed by atoms with Crippen LogP contribution in [0.15, 0.2) is 41.2 Å². The molecule has 5 nitrogen and oxygen atoms in total. The molecule has 22 heavy (non-hydrogen) atoms. The van der Waals surface area contributed by atoms with Gasteiger partial charge in [0.05, 0.1) is 17.1 Å². The minimum atomic E-state index is -0.166. The quantitative estimate of drug-likeness (QED) is 0.682. The summed E-state index contributed by atoms with van der Waals surface area (Å²) in [7, 11) is 1.68. The summed E-state index contributed by atoms with van der Waals surface area (Å²) in [5.74, 6) is 0. The number of aromatic nitrogens is 3. The molecule has 0 saturated heterocycles. The lowest BCUT2D eigenvalue weighted by molar-refractivity contribution is 0.850. The molecule has 0 aliphatic heterocycles. The molecule has 0 atom stereocenters. The number of pyridine rings is 1. The molecule has 2 heterocycles. The number of rotatable bonds is 2. The van der Waals surface area contributed by atoms with Gasteiger partial charge < -0.3 is 4.57 Å². The zero-order valence-electron chi connectivity index (χ0n) is 11.7. The summed E-state index contributed by atoms with van der Waals surface area (Å²) in [6, 6.07) is 12.5. The van der Waals surface area contributed by atoms with Crippen molar-refractivity contribution in [3.8, 4) is 6.07 Å². The Balaban J connectivity index is 2.08. The van der Waals surface area contributed by atoms with Crippen LogP contribution in [-0.2, 0) is 13.5 Å². The Morgan fingerprint density at radius 1 is 1.18 bits per heavy atom. The molecule has 0 aliphatic rings. The molecule has 0 aliphatic carbocycles. The SMILES string of the molecule is Cn1c(=O)c(Cc2ccc(C#N)cc2)nc2nc(Cl)ccc21. The highest BCUT2D eigenvalue weighted by atomic mass is 35.5. The molecular weight excluding hydrogens is 300 g/mol. The van der Waals surface area contributed by atoms with E-state index in [4.69, 9.17) is 16.9 Å². The molecule has 3 rings (SSSR count). The number of nitrogens with zero attached hydrogens (tertiary/aromatic N) is 4. The Kier molecular flexibility index (Phi) is 3.61. The van der Waals surface area contributed by atoms with Gasteiger partial charge in [-0.15, -0.1) is 0 Å².